The molecule has 172 valence electrons. The topological polar surface area (TPSA) is 61.9 Å². The van der Waals surface area contributed by atoms with Gasteiger partial charge in [-0.05, 0) is 55.3 Å². The number of rotatable bonds is 10. The van der Waals surface area contributed by atoms with Crippen molar-refractivity contribution in [1.82, 2.24) is 15.1 Å². The molecule has 0 fully saturated rings. The Morgan fingerprint density at radius 3 is 2.31 bits per heavy atom. The van der Waals surface area contributed by atoms with E-state index >= 15 is 0 Å². The third kappa shape index (κ3) is 5.13. The van der Waals surface area contributed by atoms with Gasteiger partial charge in [0.15, 0.2) is 0 Å². The fourth-order valence-electron chi connectivity index (χ4n) is 4.59. The molecule has 0 saturated heterocycles. The number of hydrogen-bond acceptors (Lipinski definition) is 4. The summed E-state index contributed by atoms with van der Waals surface area (Å²) in [5.74, 6) is 0.146. The molecule has 2 aromatic carbocycles. The molecule has 1 heterocycles. The zero-order valence-corrected chi connectivity index (χ0v) is 19.6. The van der Waals surface area contributed by atoms with Crippen LogP contribution in [0.4, 0.5) is 0 Å². The molecular weight excluding hydrogens is 402 g/mol. The number of amides is 2. The fraction of sp³-hybridized carbons (Fsp3) is 0.462. The molecule has 2 aromatic rings. The molecule has 1 aliphatic rings. The summed E-state index contributed by atoms with van der Waals surface area (Å²) >= 11 is 0. The van der Waals surface area contributed by atoms with Gasteiger partial charge in [0, 0.05) is 25.7 Å². The van der Waals surface area contributed by atoms with Gasteiger partial charge >= 0.3 is 0 Å². The monoisotopic (exact) mass is 437 g/mol. The number of hydrogen-bond donors (Lipinski definition) is 1. The highest BCUT2D eigenvalue weighted by Crippen LogP contribution is 2.42. The van der Waals surface area contributed by atoms with Gasteiger partial charge in [-0.3, -0.25) is 9.59 Å². The van der Waals surface area contributed by atoms with Crippen molar-refractivity contribution in [3.8, 4) is 5.75 Å². The summed E-state index contributed by atoms with van der Waals surface area (Å²) in [4.78, 5) is 30.7. The van der Waals surface area contributed by atoms with Gasteiger partial charge in [0.2, 0.25) is 5.91 Å². The zero-order chi connectivity index (χ0) is 23.1. The molecule has 2 amide bonds. The van der Waals surface area contributed by atoms with Crippen LogP contribution in [0.3, 0.4) is 0 Å². The minimum absolute atomic E-state index is 0.0504. The second-order valence-corrected chi connectivity index (χ2v) is 8.33. The lowest BCUT2D eigenvalue weighted by atomic mass is 9.79. The Hall–Kier alpha value is -2.86. The van der Waals surface area contributed by atoms with E-state index in [9.17, 15) is 9.59 Å². The van der Waals surface area contributed by atoms with Crippen molar-refractivity contribution in [3.05, 3.63) is 65.2 Å². The standard InChI is InChI=1S/C26H35N3O3/c1-5-16-29(17-6-2)18-15-27-25(30)23-21-9-7-8-10-22(21)26(31)28(3)24(23)19-11-13-20(32-4)14-12-19/h7-14,23-24H,5-6,15-18H2,1-4H3,(H,27,30)/t23-,24-/m1/s1. The lowest BCUT2D eigenvalue weighted by molar-refractivity contribution is -0.124. The minimum atomic E-state index is -0.479. The Morgan fingerprint density at radius 2 is 1.69 bits per heavy atom. The molecule has 0 bridgehead atoms. The summed E-state index contributed by atoms with van der Waals surface area (Å²) in [5.41, 5.74) is 2.29. The smallest absolute Gasteiger partial charge is 0.254 e. The normalized spacial score (nSPS) is 17.9. The van der Waals surface area contributed by atoms with Crippen molar-refractivity contribution in [2.75, 3.05) is 40.3 Å². The van der Waals surface area contributed by atoms with Crippen LogP contribution >= 0.6 is 0 Å². The van der Waals surface area contributed by atoms with Crippen LogP contribution in [0.2, 0.25) is 0 Å². The number of benzene rings is 2. The molecule has 0 aromatic heterocycles. The van der Waals surface area contributed by atoms with Crippen LogP contribution in [-0.2, 0) is 4.79 Å². The number of carbonyl (C=O) groups is 2. The molecule has 1 aliphatic heterocycles. The van der Waals surface area contributed by atoms with Gasteiger partial charge in [0.1, 0.15) is 5.75 Å². The van der Waals surface area contributed by atoms with E-state index in [4.69, 9.17) is 4.74 Å². The van der Waals surface area contributed by atoms with Crippen LogP contribution in [0.25, 0.3) is 0 Å². The van der Waals surface area contributed by atoms with Gasteiger partial charge in [-0.2, -0.15) is 0 Å². The van der Waals surface area contributed by atoms with Crippen molar-refractivity contribution < 1.29 is 14.3 Å². The molecule has 3 rings (SSSR count). The van der Waals surface area contributed by atoms with Crippen LogP contribution in [0.5, 0.6) is 5.75 Å². The third-order valence-corrected chi connectivity index (χ3v) is 6.13. The van der Waals surface area contributed by atoms with E-state index in [1.807, 2.05) is 48.5 Å². The van der Waals surface area contributed by atoms with Crippen molar-refractivity contribution in [2.45, 2.75) is 38.6 Å². The molecule has 0 aliphatic carbocycles. The maximum absolute atomic E-state index is 13.5. The third-order valence-electron chi connectivity index (χ3n) is 6.13. The lowest BCUT2D eigenvalue weighted by Crippen LogP contribution is -2.46. The van der Waals surface area contributed by atoms with E-state index in [0.717, 1.165) is 49.4 Å². The highest BCUT2D eigenvalue weighted by molar-refractivity contribution is 6.01. The molecule has 0 radical (unpaired) electrons. The van der Waals surface area contributed by atoms with Gasteiger partial charge in [-0.15, -0.1) is 0 Å². The fourth-order valence-corrected chi connectivity index (χ4v) is 4.59. The molecule has 6 heteroatoms. The summed E-state index contributed by atoms with van der Waals surface area (Å²) in [7, 11) is 3.40. The van der Waals surface area contributed by atoms with Gasteiger partial charge in [-0.1, -0.05) is 44.2 Å². The second kappa shape index (κ2) is 11.1. The van der Waals surface area contributed by atoms with E-state index in [1.165, 1.54) is 0 Å². The predicted molar refractivity (Wildman–Crippen MR) is 127 cm³/mol. The quantitative estimate of drug-likeness (QED) is 0.613. The van der Waals surface area contributed by atoms with Gasteiger partial charge < -0.3 is 19.9 Å². The molecule has 0 unspecified atom stereocenters. The summed E-state index contributed by atoms with van der Waals surface area (Å²) in [6.45, 7) is 7.82. The van der Waals surface area contributed by atoms with Crippen molar-refractivity contribution in [2.24, 2.45) is 0 Å². The number of ether oxygens (including phenoxy) is 1. The van der Waals surface area contributed by atoms with E-state index in [1.54, 1.807) is 19.1 Å². The Balaban J connectivity index is 1.88. The van der Waals surface area contributed by atoms with Crippen molar-refractivity contribution in [1.29, 1.82) is 0 Å². The largest absolute Gasteiger partial charge is 0.497 e. The van der Waals surface area contributed by atoms with Crippen LogP contribution < -0.4 is 10.1 Å². The highest BCUT2D eigenvalue weighted by atomic mass is 16.5. The molecule has 2 atom stereocenters. The Bertz CT molecular complexity index is 907. The van der Waals surface area contributed by atoms with Crippen LogP contribution in [-0.4, -0.2) is 62.0 Å². The molecule has 0 saturated carbocycles. The van der Waals surface area contributed by atoms with Gasteiger partial charge in [-0.25, -0.2) is 0 Å². The van der Waals surface area contributed by atoms with E-state index in [2.05, 4.69) is 24.1 Å². The summed E-state index contributed by atoms with van der Waals surface area (Å²) in [5, 5.41) is 3.15. The maximum atomic E-state index is 13.5. The molecule has 32 heavy (non-hydrogen) atoms. The molecule has 6 nitrogen and oxygen atoms in total. The average Bonchev–Trinajstić information content (AvgIpc) is 2.81. The zero-order valence-electron chi connectivity index (χ0n) is 19.6. The van der Waals surface area contributed by atoms with Crippen molar-refractivity contribution >= 4 is 11.8 Å². The first-order valence-electron chi connectivity index (χ1n) is 11.5. The number of fused-ring (bicyclic) bond motifs is 1. The summed E-state index contributed by atoms with van der Waals surface area (Å²) < 4.78 is 5.29. The number of nitrogens with one attached hydrogen (secondary N) is 1. The Labute approximate surface area is 191 Å². The Kier molecular flexibility index (Phi) is 8.28. The first kappa shape index (κ1) is 23.8. The van der Waals surface area contributed by atoms with Gasteiger partial charge in [0.05, 0.1) is 19.1 Å². The van der Waals surface area contributed by atoms with E-state index in [-0.39, 0.29) is 17.9 Å². The number of nitrogens with zero attached hydrogens (tertiary/aromatic N) is 2. The first-order chi connectivity index (χ1) is 15.5. The maximum Gasteiger partial charge on any atom is 0.254 e. The van der Waals surface area contributed by atoms with E-state index < -0.39 is 5.92 Å². The average molecular weight is 438 g/mol. The molecule has 1 N–H and O–H groups in total. The summed E-state index contributed by atoms with van der Waals surface area (Å²) in [6.07, 6.45) is 2.19. The second-order valence-electron chi connectivity index (χ2n) is 8.33. The molecule has 0 spiro atoms. The molecular formula is C26H35N3O3. The number of carbonyl (C=O) groups excluding carboxylic acids is 2. The lowest BCUT2D eigenvalue weighted by Gasteiger charge is -2.40. The number of likely N-dealkylation sites (N-methyl/N-ethyl adjacent to an activating group) is 1. The predicted octanol–water partition coefficient (Wildman–Crippen LogP) is 3.84. The van der Waals surface area contributed by atoms with Crippen LogP contribution in [0.15, 0.2) is 48.5 Å². The van der Waals surface area contributed by atoms with Crippen LogP contribution in [0, 0.1) is 0 Å². The van der Waals surface area contributed by atoms with E-state index in [0.29, 0.717) is 12.1 Å². The Morgan fingerprint density at radius 1 is 1.03 bits per heavy atom. The SMILES string of the molecule is CCCN(CCC)CCNC(=O)[C@@H]1c2ccccc2C(=O)N(C)[C@@H]1c1ccc(OC)cc1. The van der Waals surface area contributed by atoms with Crippen LogP contribution in [0.1, 0.15) is 60.1 Å². The van der Waals surface area contributed by atoms with Gasteiger partial charge in [0.25, 0.3) is 5.91 Å². The first-order valence-corrected chi connectivity index (χ1v) is 11.5. The number of methoxy groups -OCH3 is 1. The van der Waals surface area contributed by atoms with Crippen molar-refractivity contribution in [3.63, 3.8) is 0 Å². The highest BCUT2D eigenvalue weighted by Gasteiger charge is 2.42. The summed E-state index contributed by atoms with van der Waals surface area (Å²) in [6, 6.07) is 14.7. The minimum Gasteiger partial charge on any atom is -0.497 e.